The zero-order chi connectivity index (χ0) is 24.7. The number of carbonyl (C=O) groups is 3. The molecular formula is C23H20N2O9. The smallest absolute Gasteiger partial charge is 0.255 e. The van der Waals surface area contributed by atoms with Crippen LogP contribution in [-0.4, -0.2) is 59.7 Å². The minimum atomic E-state index is -2.87. The first-order valence-electron chi connectivity index (χ1n) is 10.4. The number of nitrogens with two attached hydrogens (primary N) is 1. The summed E-state index contributed by atoms with van der Waals surface area (Å²) in [5, 5.41) is 54.7. The summed E-state index contributed by atoms with van der Waals surface area (Å²) < 4.78 is 5.20. The number of hydrogen-bond donors (Lipinski definition) is 6. The fourth-order valence-corrected chi connectivity index (χ4v) is 5.52. The highest BCUT2D eigenvalue weighted by Crippen LogP contribution is 2.55. The lowest BCUT2D eigenvalue weighted by Crippen LogP contribution is -2.62. The minimum absolute atomic E-state index is 0.0395. The molecule has 176 valence electrons. The molecule has 1 aromatic heterocycles. The van der Waals surface area contributed by atoms with Gasteiger partial charge in [-0.15, -0.1) is 0 Å². The van der Waals surface area contributed by atoms with Gasteiger partial charge in [0.25, 0.3) is 5.91 Å². The van der Waals surface area contributed by atoms with Gasteiger partial charge in [0.15, 0.2) is 11.4 Å². The summed E-state index contributed by atoms with van der Waals surface area (Å²) in [6, 6.07) is 3.06. The predicted octanol–water partition coefficient (Wildman–Crippen LogP) is 0.767. The molecule has 2 aromatic rings. The molecule has 7 N–H and O–H groups in total. The number of Topliss-reactive ketones (excluding diaryl/α,β-unsaturated/α-hetero) is 2. The van der Waals surface area contributed by atoms with Crippen LogP contribution in [0.4, 0.5) is 0 Å². The molecule has 11 nitrogen and oxygen atoms in total. The summed E-state index contributed by atoms with van der Waals surface area (Å²) in [6.45, 7) is 1.65. The van der Waals surface area contributed by atoms with Crippen LogP contribution < -0.4 is 5.73 Å². The van der Waals surface area contributed by atoms with Crippen molar-refractivity contribution in [2.24, 2.45) is 17.6 Å². The lowest BCUT2D eigenvalue weighted by Gasteiger charge is -2.50. The maximum atomic E-state index is 13.6. The summed E-state index contributed by atoms with van der Waals surface area (Å²) in [7, 11) is 0. The van der Waals surface area contributed by atoms with Gasteiger partial charge in [-0.25, -0.2) is 4.98 Å². The number of amides is 1. The van der Waals surface area contributed by atoms with Gasteiger partial charge < -0.3 is 35.7 Å². The van der Waals surface area contributed by atoms with Crippen LogP contribution in [-0.2, 0) is 9.59 Å². The van der Waals surface area contributed by atoms with E-state index < -0.39 is 81.8 Å². The molecule has 0 bridgehead atoms. The molecule has 5 unspecified atom stereocenters. The number of aromatic nitrogens is 1. The van der Waals surface area contributed by atoms with Gasteiger partial charge in [0.05, 0.1) is 23.4 Å². The third-order valence-corrected chi connectivity index (χ3v) is 7.16. The Bertz CT molecular complexity index is 1340. The number of fused-ring (bicyclic) bond motifs is 3. The van der Waals surface area contributed by atoms with Gasteiger partial charge >= 0.3 is 0 Å². The van der Waals surface area contributed by atoms with Gasteiger partial charge in [-0.3, -0.25) is 14.4 Å². The highest BCUT2D eigenvalue weighted by atomic mass is 16.4. The van der Waals surface area contributed by atoms with Gasteiger partial charge in [0.2, 0.25) is 11.7 Å². The second-order valence-corrected chi connectivity index (χ2v) is 8.75. The Morgan fingerprint density at radius 3 is 2.56 bits per heavy atom. The van der Waals surface area contributed by atoms with Gasteiger partial charge in [0.1, 0.15) is 29.1 Å². The lowest BCUT2D eigenvalue weighted by atomic mass is 9.56. The Kier molecular flexibility index (Phi) is 4.51. The lowest BCUT2D eigenvalue weighted by molar-refractivity contribution is -0.154. The molecule has 0 saturated heterocycles. The zero-order valence-electron chi connectivity index (χ0n) is 17.7. The first-order valence-corrected chi connectivity index (χ1v) is 10.4. The molecule has 11 heteroatoms. The Hall–Kier alpha value is -3.96. The average Bonchev–Trinajstić information content (AvgIpc) is 3.31. The van der Waals surface area contributed by atoms with Crippen LogP contribution in [0.3, 0.4) is 0 Å². The van der Waals surface area contributed by atoms with E-state index in [2.05, 4.69) is 4.98 Å². The summed E-state index contributed by atoms with van der Waals surface area (Å²) >= 11 is 0. The van der Waals surface area contributed by atoms with Crippen LogP contribution in [0.15, 0.2) is 51.7 Å². The van der Waals surface area contributed by atoms with E-state index in [4.69, 9.17) is 10.2 Å². The van der Waals surface area contributed by atoms with Crippen molar-refractivity contribution in [1.29, 1.82) is 0 Å². The van der Waals surface area contributed by atoms with Crippen LogP contribution in [0.25, 0.3) is 11.5 Å². The standard InChI is InChI=1S/C23H20N2O9/c1-7-8-2-3-9(22-25-4-5-34-22)16(27)13(8)18(29)15-12(7)17(28)10-6-11(26)14(21(24)32)19(30)23(10,33)20(15)31/h2-5,7,10,12,17,26-28,31,33H,6H2,1H3,(H2,24,32). The molecule has 0 aliphatic heterocycles. The van der Waals surface area contributed by atoms with Crippen LogP contribution in [0, 0.1) is 11.8 Å². The van der Waals surface area contributed by atoms with E-state index in [1.807, 2.05) is 0 Å². The Morgan fingerprint density at radius 2 is 1.94 bits per heavy atom. The van der Waals surface area contributed by atoms with Crippen molar-refractivity contribution in [3.8, 4) is 17.2 Å². The van der Waals surface area contributed by atoms with Crippen LogP contribution >= 0.6 is 0 Å². The molecule has 34 heavy (non-hydrogen) atoms. The second kappa shape index (κ2) is 7.02. The summed E-state index contributed by atoms with van der Waals surface area (Å²) in [5.74, 6) is -9.06. The largest absolute Gasteiger partial charge is 0.511 e. The number of aromatic hydroxyl groups is 1. The van der Waals surface area contributed by atoms with Crippen LogP contribution in [0.5, 0.6) is 5.75 Å². The number of nitrogens with zero attached hydrogens (tertiary/aromatic N) is 1. The SMILES string of the molecule is CC1c2ccc(-c3ncco3)c(O)c2C(=O)C2=C(O)C3(O)C(=O)C(C(N)=O)=C(O)CC3C(O)C21. The third kappa shape index (κ3) is 2.53. The molecule has 3 aliphatic rings. The first kappa shape index (κ1) is 21.9. The molecule has 5 atom stereocenters. The number of primary amides is 1. The van der Waals surface area contributed by atoms with Crippen molar-refractivity contribution >= 4 is 17.5 Å². The van der Waals surface area contributed by atoms with E-state index >= 15 is 0 Å². The molecule has 5 rings (SSSR count). The molecule has 0 fully saturated rings. The fraction of sp³-hybridized carbons (Fsp3) is 0.304. The molecule has 1 aromatic carbocycles. The number of aliphatic hydroxyl groups is 4. The molecule has 0 saturated carbocycles. The molecule has 1 amide bonds. The number of rotatable bonds is 2. The van der Waals surface area contributed by atoms with E-state index in [0.717, 1.165) is 0 Å². The highest BCUT2D eigenvalue weighted by molar-refractivity contribution is 6.24. The number of benzene rings is 1. The number of phenols is 1. The maximum absolute atomic E-state index is 13.6. The predicted molar refractivity (Wildman–Crippen MR) is 112 cm³/mol. The van der Waals surface area contributed by atoms with E-state index in [9.17, 15) is 39.9 Å². The number of phenolic OH excluding ortho intramolecular Hbond substituents is 1. The van der Waals surface area contributed by atoms with Crippen molar-refractivity contribution in [2.75, 3.05) is 0 Å². The van der Waals surface area contributed by atoms with Crippen molar-refractivity contribution in [2.45, 2.75) is 31.0 Å². The fourth-order valence-electron chi connectivity index (χ4n) is 5.52. The van der Waals surface area contributed by atoms with E-state index in [0.29, 0.717) is 5.56 Å². The van der Waals surface area contributed by atoms with Gasteiger partial charge in [-0.1, -0.05) is 13.0 Å². The third-order valence-electron chi connectivity index (χ3n) is 7.16. The van der Waals surface area contributed by atoms with E-state index in [1.54, 1.807) is 13.0 Å². The molecule has 0 spiro atoms. The quantitative estimate of drug-likeness (QED) is 0.341. The number of aliphatic hydroxyl groups excluding tert-OH is 3. The number of allylic oxidation sites excluding steroid dienone is 1. The first-order chi connectivity index (χ1) is 16.0. The van der Waals surface area contributed by atoms with Crippen molar-refractivity contribution in [3.05, 3.63) is 58.4 Å². The minimum Gasteiger partial charge on any atom is -0.511 e. The second-order valence-electron chi connectivity index (χ2n) is 8.75. The maximum Gasteiger partial charge on any atom is 0.255 e. The Balaban J connectivity index is 1.75. The highest BCUT2D eigenvalue weighted by Gasteiger charge is 2.64. The topological polar surface area (TPSA) is 204 Å². The van der Waals surface area contributed by atoms with Crippen molar-refractivity contribution in [1.82, 2.24) is 4.98 Å². The summed E-state index contributed by atoms with van der Waals surface area (Å²) in [4.78, 5) is 42.3. The van der Waals surface area contributed by atoms with Crippen molar-refractivity contribution in [3.63, 3.8) is 0 Å². The number of ketones is 2. The van der Waals surface area contributed by atoms with Crippen LogP contribution in [0.1, 0.15) is 35.2 Å². The summed E-state index contributed by atoms with van der Waals surface area (Å²) in [6.07, 6.45) is 0.531. The van der Waals surface area contributed by atoms with Gasteiger partial charge in [-0.2, -0.15) is 0 Å². The van der Waals surface area contributed by atoms with Gasteiger partial charge in [-0.05, 0) is 17.5 Å². The average molecular weight is 468 g/mol. The Labute approximate surface area is 191 Å². The number of hydrogen-bond acceptors (Lipinski definition) is 10. The Morgan fingerprint density at radius 1 is 1.24 bits per heavy atom. The van der Waals surface area contributed by atoms with E-state index in [1.165, 1.54) is 18.5 Å². The number of carbonyl (C=O) groups excluding carboxylic acids is 3. The molecule has 3 aliphatic carbocycles. The monoisotopic (exact) mass is 468 g/mol. The van der Waals surface area contributed by atoms with Crippen LogP contribution in [0.2, 0.25) is 0 Å². The molecule has 0 radical (unpaired) electrons. The normalized spacial score (nSPS) is 30.7. The van der Waals surface area contributed by atoms with Gasteiger partial charge in [0, 0.05) is 23.8 Å². The molecular weight excluding hydrogens is 448 g/mol. The summed E-state index contributed by atoms with van der Waals surface area (Å²) in [5.41, 5.74) is 1.19. The number of oxazole rings is 1. The van der Waals surface area contributed by atoms with E-state index in [-0.39, 0.29) is 17.0 Å². The zero-order valence-corrected chi connectivity index (χ0v) is 17.7. The molecule has 1 heterocycles. The van der Waals surface area contributed by atoms with Crippen molar-refractivity contribution < 1.29 is 44.3 Å².